The van der Waals surface area contributed by atoms with Gasteiger partial charge in [-0.05, 0) is 13.8 Å². The van der Waals surface area contributed by atoms with Crippen LogP contribution >= 0.6 is 0 Å². The van der Waals surface area contributed by atoms with E-state index in [0.717, 1.165) is 12.2 Å². The molecule has 0 bridgehead atoms. The van der Waals surface area contributed by atoms with Gasteiger partial charge in [-0.1, -0.05) is 0 Å². The Bertz CT molecular complexity index is 332. The smallest absolute Gasteiger partial charge is 0.331 e. The van der Waals surface area contributed by atoms with Gasteiger partial charge in [0.1, 0.15) is 6.61 Å². The van der Waals surface area contributed by atoms with E-state index in [2.05, 4.69) is 23.5 Å². The Morgan fingerprint density at radius 1 is 1.21 bits per heavy atom. The maximum absolute atomic E-state index is 11.3. The molecular weight excluding hydrogens is 250 g/mol. The largest absolute Gasteiger partial charge is 0.466 e. The van der Waals surface area contributed by atoms with Gasteiger partial charge in [0.2, 0.25) is 0 Å². The van der Waals surface area contributed by atoms with Crippen LogP contribution in [-0.4, -0.2) is 62.4 Å². The molecule has 108 valence electrons. The van der Waals surface area contributed by atoms with Crippen LogP contribution in [0.4, 0.5) is 0 Å². The van der Waals surface area contributed by atoms with Crippen LogP contribution in [0.25, 0.3) is 0 Å². The van der Waals surface area contributed by atoms with E-state index in [4.69, 9.17) is 9.47 Å². The van der Waals surface area contributed by atoms with Gasteiger partial charge in [-0.3, -0.25) is 4.90 Å². The standard InChI is InChI=1S/C13H21NO5/c1-10-8-18-9-11(2)14(10)6-7-19-13(16)5-4-12(15)17-3/h4-5,10-11H,6-9H2,1-3H3. The van der Waals surface area contributed by atoms with Gasteiger partial charge in [-0.2, -0.15) is 0 Å². The Kier molecular flexibility index (Phi) is 6.52. The molecular formula is C13H21NO5. The molecule has 0 aromatic heterocycles. The number of methoxy groups -OCH3 is 1. The summed E-state index contributed by atoms with van der Waals surface area (Å²) in [6, 6.07) is 0.626. The molecule has 2 atom stereocenters. The monoisotopic (exact) mass is 271 g/mol. The van der Waals surface area contributed by atoms with Crippen LogP contribution in [0.3, 0.4) is 0 Å². The van der Waals surface area contributed by atoms with Crippen molar-refractivity contribution < 1.29 is 23.8 Å². The lowest BCUT2D eigenvalue weighted by atomic mass is 10.2. The summed E-state index contributed by atoms with van der Waals surface area (Å²) in [6.07, 6.45) is 2.11. The first-order valence-electron chi connectivity index (χ1n) is 6.31. The second kappa shape index (κ2) is 7.91. The number of ether oxygens (including phenoxy) is 3. The van der Waals surface area contributed by atoms with E-state index in [-0.39, 0.29) is 0 Å². The summed E-state index contributed by atoms with van der Waals surface area (Å²) in [5, 5.41) is 0. The number of carbonyl (C=O) groups excluding carboxylic acids is 2. The number of hydrogen-bond donors (Lipinski definition) is 0. The van der Waals surface area contributed by atoms with Gasteiger partial charge in [-0.15, -0.1) is 0 Å². The Labute approximate surface area is 113 Å². The number of carbonyl (C=O) groups is 2. The fraction of sp³-hybridized carbons (Fsp3) is 0.692. The molecule has 6 heteroatoms. The van der Waals surface area contributed by atoms with Crippen molar-refractivity contribution in [1.82, 2.24) is 4.90 Å². The van der Waals surface area contributed by atoms with Crippen LogP contribution in [0.15, 0.2) is 12.2 Å². The zero-order chi connectivity index (χ0) is 14.3. The normalized spacial score (nSPS) is 24.4. The molecule has 0 aromatic rings. The fourth-order valence-electron chi connectivity index (χ4n) is 1.98. The maximum atomic E-state index is 11.3. The van der Waals surface area contributed by atoms with Gasteiger partial charge in [0.05, 0.1) is 20.3 Å². The van der Waals surface area contributed by atoms with Gasteiger partial charge >= 0.3 is 11.9 Å². The van der Waals surface area contributed by atoms with Gasteiger partial charge < -0.3 is 14.2 Å². The van der Waals surface area contributed by atoms with Crippen LogP contribution in [0.1, 0.15) is 13.8 Å². The first kappa shape index (κ1) is 15.7. The van der Waals surface area contributed by atoms with E-state index in [1.165, 1.54) is 7.11 Å². The molecule has 0 amide bonds. The first-order valence-corrected chi connectivity index (χ1v) is 6.31. The Balaban J connectivity index is 2.27. The Morgan fingerprint density at radius 2 is 1.79 bits per heavy atom. The van der Waals surface area contributed by atoms with E-state index < -0.39 is 11.9 Å². The molecule has 1 heterocycles. The minimum Gasteiger partial charge on any atom is -0.466 e. The number of morpholine rings is 1. The third-order valence-electron chi connectivity index (χ3n) is 3.00. The van der Waals surface area contributed by atoms with Gasteiger partial charge in [-0.25, -0.2) is 9.59 Å². The molecule has 1 aliphatic rings. The third kappa shape index (κ3) is 5.40. The summed E-state index contributed by atoms with van der Waals surface area (Å²) in [4.78, 5) is 24.3. The summed E-state index contributed by atoms with van der Waals surface area (Å²) in [5.74, 6) is -1.12. The molecule has 6 nitrogen and oxygen atoms in total. The zero-order valence-electron chi connectivity index (χ0n) is 11.6. The molecule has 0 N–H and O–H groups in total. The number of rotatable bonds is 5. The molecule has 1 aliphatic heterocycles. The highest BCUT2D eigenvalue weighted by atomic mass is 16.5. The van der Waals surface area contributed by atoms with Crippen LogP contribution in [0.5, 0.6) is 0 Å². The average Bonchev–Trinajstić information content (AvgIpc) is 2.39. The van der Waals surface area contributed by atoms with E-state index >= 15 is 0 Å². The lowest BCUT2D eigenvalue weighted by Gasteiger charge is -2.38. The summed E-state index contributed by atoms with van der Waals surface area (Å²) in [7, 11) is 1.25. The van der Waals surface area contributed by atoms with Crippen molar-refractivity contribution in [2.45, 2.75) is 25.9 Å². The quantitative estimate of drug-likeness (QED) is 0.531. The molecule has 1 fully saturated rings. The van der Waals surface area contributed by atoms with Crippen molar-refractivity contribution >= 4 is 11.9 Å². The summed E-state index contributed by atoms with van der Waals surface area (Å²) in [5.41, 5.74) is 0. The second-order valence-corrected chi connectivity index (χ2v) is 4.50. The van der Waals surface area contributed by atoms with Crippen molar-refractivity contribution in [2.75, 3.05) is 33.5 Å². The number of nitrogens with zero attached hydrogens (tertiary/aromatic N) is 1. The van der Waals surface area contributed by atoms with Crippen molar-refractivity contribution in [3.63, 3.8) is 0 Å². The van der Waals surface area contributed by atoms with Crippen LogP contribution < -0.4 is 0 Å². The summed E-state index contributed by atoms with van der Waals surface area (Å²) in [6.45, 7) is 6.49. The maximum Gasteiger partial charge on any atom is 0.331 e. The molecule has 0 saturated carbocycles. The van der Waals surface area contributed by atoms with Crippen LogP contribution in [-0.2, 0) is 23.8 Å². The minimum atomic E-state index is -0.577. The molecule has 19 heavy (non-hydrogen) atoms. The van der Waals surface area contributed by atoms with Crippen molar-refractivity contribution in [2.24, 2.45) is 0 Å². The van der Waals surface area contributed by atoms with Gasteiger partial charge in [0.25, 0.3) is 0 Å². The van der Waals surface area contributed by atoms with Crippen molar-refractivity contribution in [3.8, 4) is 0 Å². The zero-order valence-corrected chi connectivity index (χ0v) is 11.6. The number of esters is 2. The fourth-order valence-corrected chi connectivity index (χ4v) is 1.98. The lowest BCUT2D eigenvalue weighted by molar-refractivity contribution is -0.140. The molecule has 2 unspecified atom stereocenters. The predicted molar refractivity (Wildman–Crippen MR) is 68.6 cm³/mol. The minimum absolute atomic E-state index is 0.291. The Morgan fingerprint density at radius 3 is 2.37 bits per heavy atom. The van der Waals surface area contributed by atoms with Crippen LogP contribution in [0.2, 0.25) is 0 Å². The van der Waals surface area contributed by atoms with Crippen molar-refractivity contribution in [3.05, 3.63) is 12.2 Å². The average molecular weight is 271 g/mol. The second-order valence-electron chi connectivity index (χ2n) is 4.50. The van der Waals surface area contributed by atoms with E-state index in [1.54, 1.807) is 0 Å². The Hall–Kier alpha value is -1.40. The van der Waals surface area contributed by atoms with Gasteiger partial charge in [0.15, 0.2) is 0 Å². The highest BCUT2D eigenvalue weighted by molar-refractivity contribution is 5.91. The van der Waals surface area contributed by atoms with Gasteiger partial charge in [0, 0.05) is 30.8 Å². The predicted octanol–water partition coefficient (Wildman–Crippen LogP) is 0.368. The summed E-state index contributed by atoms with van der Waals surface area (Å²) >= 11 is 0. The van der Waals surface area contributed by atoms with E-state index in [0.29, 0.717) is 38.4 Å². The molecule has 0 spiro atoms. The van der Waals surface area contributed by atoms with Crippen LogP contribution in [0, 0.1) is 0 Å². The highest BCUT2D eigenvalue weighted by Crippen LogP contribution is 2.12. The molecule has 0 aliphatic carbocycles. The topological polar surface area (TPSA) is 65.1 Å². The van der Waals surface area contributed by atoms with E-state index in [9.17, 15) is 9.59 Å². The highest BCUT2D eigenvalue weighted by Gasteiger charge is 2.24. The third-order valence-corrected chi connectivity index (χ3v) is 3.00. The molecule has 1 saturated heterocycles. The van der Waals surface area contributed by atoms with E-state index in [1.807, 2.05) is 0 Å². The molecule has 1 rings (SSSR count). The number of hydrogen-bond acceptors (Lipinski definition) is 6. The first-order chi connectivity index (χ1) is 9.04. The SMILES string of the molecule is COC(=O)C=CC(=O)OCCN1C(C)COCC1C. The molecule has 0 aromatic carbocycles. The van der Waals surface area contributed by atoms with Crippen molar-refractivity contribution in [1.29, 1.82) is 0 Å². The lowest BCUT2D eigenvalue weighted by Crippen LogP contribution is -2.50. The summed E-state index contributed by atoms with van der Waals surface area (Å²) < 4.78 is 14.8. The molecule has 0 radical (unpaired) electrons.